The Morgan fingerprint density at radius 1 is 1.00 bits per heavy atom. The number of halogens is 2. The highest BCUT2D eigenvalue weighted by Gasteiger charge is 2.14. The molecule has 0 bridgehead atoms. The number of rotatable bonds is 3. The van der Waals surface area contributed by atoms with Gasteiger partial charge in [-0.3, -0.25) is 0 Å². The summed E-state index contributed by atoms with van der Waals surface area (Å²) in [6, 6.07) is 10.8. The Bertz CT molecular complexity index is 679. The maximum absolute atomic E-state index is 6.31. The molecule has 1 N–H and O–H groups in total. The lowest BCUT2D eigenvalue weighted by Gasteiger charge is -2.18. The van der Waals surface area contributed by atoms with E-state index in [0.29, 0.717) is 5.02 Å². The molecule has 0 radical (unpaired) electrons. The highest BCUT2D eigenvalue weighted by Crippen LogP contribution is 2.32. The van der Waals surface area contributed by atoms with Gasteiger partial charge in [-0.05, 0) is 67.5 Å². The van der Waals surface area contributed by atoms with E-state index in [1.807, 2.05) is 19.1 Å². The van der Waals surface area contributed by atoms with Gasteiger partial charge < -0.3 is 5.32 Å². The lowest BCUT2D eigenvalue weighted by molar-refractivity contribution is 0.879. The fourth-order valence-corrected chi connectivity index (χ4v) is 3.37. The first-order valence-electron chi connectivity index (χ1n) is 7.38. The van der Waals surface area contributed by atoms with Crippen molar-refractivity contribution >= 4 is 28.9 Å². The molecule has 1 atom stereocenters. The van der Waals surface area contributed by atoms with Gasteiger partial charge in [0.05, 0.1) is 10.7 Å². The molecule has 2 aromatic carbocycles. The van der Waals surface area contributed by atoms with Crippen LogP contribution in [-0.2, 0) is 12.8 Å². The first kappa shape index (κ1) is 14.7. The monoisotopic (exact) mass is 319 g/mol. The summed E-state index contributed by atoms with van der Waals surface area (Å²) in [5, 5.41) is 4.92. The van der Waals surface area contributed by atoms with Crippen molar-refractivity contribution in [1.82, 2.24) is 0 Å². The largest absolute Gasteiger partial charge is 0.377 e. The second-order valence-electron chi connectivity index (χ2n) is 5.83. The zero-order valence-electron chi connectivity index (χ0n) is 12.3. The average Bonchev–Trinajstić information content (AvgIpc) is 2.92. The summed E-state index contributed by atoms with van der Waals surface area (Å²) in [5.74, 6) is 0. The van der Waals surface area contributed by atoms with Gasteiger partial charge >= 0.3 is 0 Å². The number of hydrogen-bond acceptors (Lipinski definition) is 1. The van der Waals surface area contributed by atoms with E-state index in [4.69, 9.17) is 23.2 Å². The van der Waals surface area contributed by atoms with E-state index in [9.17, 15) is 0 Å². The van der Waals surface area contributed by atoms with Crippen LogP contribution in [0.3, 0.4) is 0 Å². The Balaban J connectivity index is 1.83. The smallest absolute Gasteiger partial charge is 0.0641 e. The molecule has 3 rings (SSSR count). The summed E-state index contributed by atoms with van der Waals surface area (Å²) in [4.78, 5) is 0. The first-order chi connectivity index (χ1) is 10.0. The minimum absolute atomic E-state index is 0.201. The zero-order valence-corrected chi connectivity index (χ0v) is 13.9. The van der Waals surface area contributed by atoms with Crippen LogP contribution in [0, 0.1) is 6.92 Å². The molecule has 0 amide bonds. The Morgan fingerprint density at radius 2 is 1.76 bits per heavy atom. The van der Waals surface area contributed by atoms with Gasteiger partial charge in [0.1, 0.15) is 0 Å². The molecule has 3 heteroatoms. The van der Waals surface area contributed by atoms with E-state index in [0.717, 1.165) is 16.3 Å². The molecule has 1 nitrogen and oxygen atoms in total. The Hall–Kier alpha value is -1.18. The van der Waals surface area contributed by atoms with Crippen molar-refractivity contribution in [3.63, 3.8) is 0 Å². The molecule has 0 heterocycles. The molecule has 1 unspecified atom stereocenters. The van der Waals surface area contributed by atoms with Crippen molar-refractivity contribution in [2.24, 2.45) is 0 Å². The van der Waals surface area contributed by atoms with Gasteiger partial charge in [0.2, 0.25) is 0 Å². The fourth-order valence-electron chi connectivity index (χ4n) is 2.93. The van der Waals surface area contributed by atoms with Crippen LogP contribution >= 0.6 is 23.2 Å². The van der Waals surface area contributed by atoms with Crippen LogP contribution in [0.2, 0.25) is 10.0 Å². The van der Waals surface area contributed by atoms with Crippen molar-refractivity contribution in [2.45, 2.75) is 39.2 Å². The van der Waals surface area contributed by atoms with Crippen LogP contribution in [0.15, 0.2) is 30.3 Å². The molecule has 21 heavy (non-hydrogen) atoms. The van der Waals surface area contributed by atoms with E-state index < -0.39 is 0 Å². The third-order valence-electron chi connectivity index (χ3n) is 4.24. The molecule has 0 saturated heterocycles. The molecular formula is C18H19Cl2N. The summed E-state index contributed by atoms with van der Waals surface area (Å²) < 4.78 is 0. The summed E-state index contributed by atoms with van der Waals surface area (Å²) in [5.41, 5.74) is 6.18. The average molecular weight is 320 g/mol. The molecule has 1 aliphatic carbocycles. The van der Waals surface area contributed by atoms with Crippen LogP contribution in [0.1, 0.15) is 41.6 Å². The van der Waals surface area contributed by atoms with Crippen molar-refractivity contribution in [2.75, 3.05) is 5.32 Å². The molecular weight excluding hydrogens is 301 g/mol. The lowest BCUT2D eigenvalue weighted by atomic mass is 10.0. The maximum atomic E-state index is 6.31. The Morgan fingerprint density at radius 3 is 2.57 bits per heavy atom. The highest BCUT2D eigenvalue weighted by atomic mass is 35.5. The molecule has 0 aromatic heterocycles. The first-order valence-corrected chi connectivity index (χ1v) is 8.14. The molecule has 1 aliphatic rings. The van der Waals surface area contributed by atoms with Gasteiger partial charge in [0.25, 0.3) is 0 Å². The van der Waals surface area contributed by atoms with Gasteiger partial charge in [-0.2, -0.15) is 0 Å². The minimum atomic E-state index is 0.201. The number of nitrogens with one attached hydrogen (secondary N) is 1. The standard InChI is InChI=1S/C18H19Cl2N/c1-11-8-17(20)18(10-16(11)19)21-12(2)14-7-6-13-4-3-5-15(13)9-14/h6-10,12,21H,3-5H2,1-2H3. The topological polar surface area (TPSA) is 12.0 Å². The Kier molecular flexibility index (Phi) is 4.14. The van der Waals surface area contributed by atoms with Gasteiger partial charge in [0, 0.05) is 11.1 Å². The van der Waals surface area contributed by atoms with Crippen LogP contribution in [0.5, 0.6) is 0 Å². The highest BCUT2D eigenvalue weighted by molar-refractivity contribution is 6.35. The predicted molar refractivity (Wildman–Crippen MR) is 91.7 cm³/mol. The molecule has 2 aromatic rings. The third-order valence-corrected chi connectivity index (χ3v) is 4.96. The van der Waals surface area contributed by atoms with E-state index in [-0.39, 0.29) is 6.04 Å². The van der Waals surface area contributed by atoms with Crippen molar-refractivity contribution in [3.8, 4) is 0 Å². The van der Waals surface area contributed by atoms with E-state index >= 15 is 0 Å². The second-order valence-corrected chi connectivity index (χ2v) is 6.64. The summed E-state index contributed by atoms with van der Waals surface area (Å²) >= 11 is 12.5. The predicted octanol–water partition coefficient (Wildman–Crippen LogP) is 5.96. The fraction of sp³-hybridized carbons (Fsp3) is 0.333. The number of anilines is 1. The number of aryl methyl sites for hydroxylation is 3. The van der Waals surface area contributed by atoms with Crippen molar-refractivity contribution in [3.05, 3.63) is 62.6 Å². The molecule has 110 valence electrons. The summed E-state index contributed by atoms with van der Waals surface area (Å²) in [7, 11) is 0. The molecule has 0 saturated carbocycles. The number of benzene rings is 2. The van der Waals surface area contributed by atoms with Crippen LogP contribution in [0.4, 0.5) is 5.69 Å². The zero-order chi connectivity index (χ0) is 15.0. The maximum Gasteiger partial charge on any atom is 0.0641 e. The van der Waals surface area contributed by atoms with E-state index in [2.05, 4.69) is 30.4 Å². The SMILES string of the molecule is Cc1cc(Cl)c(NC(C)c2ccc3c(c2)CCC3)cc1Cl. The van der Waals surface area contributed by atoms with Gasteiger partial charge in [-0.1, -0.05) is 41.4 Å². The summed E-state index contributed by atoms with van der Waals surface area (Å²) in [6.45, 7) is 4.11. The van der Waals surface area contributed by atoms with Gasteiger partial charge in [-0.15, -0.1) is 0 Å². The van der Waals surface area contributed by atoms with Gasteiger partial charge in [-0.25, -0.2) is 0 Å². The van der Waals surface area contributed by atoms with Crippen LogP contribution in [0.25, 0.3) is 0 Å². The van der Waals surface area contributed by atoms with Crippen LogP contribution < -0.4 is 5.32 Å². The van der Waals surface area contributed by atoms with Gasteiger partial charge in [0.15, 0.2) is 0 Å². The number of fused-ring (bicyclic) bond motifs is 1. The normalized spacial score (nSPS) is 14.9. The van der Waals surface area contributed by atoms with Crippen LogP contribution in [-0.4, -0.2) is 0 Å². The van der Waals surface area contributed by atoms with E-state index in [1.54, 1.807) is 0 Å². The van der Waals surface area contributed by atoms with Crippen molar-refractivity contribution in [1.29, 1.82) is 0 Å². The Labute approximate surface area is 136 Å². The quantitative estimate of drug-likeness (QED) is 0.735. The molecule has 0 spiro atoms. The number of hydrogen-bond donors (Lipinski definition) is 1. The summed E-state index contributed by atoms with van der Waals surface area (Å²) in [6.07, 6.45) is 3.70. The molecule has 0 fully saturated rings. The lowest BCUT2D eigenvalue weighted by Crippen LogP contribution is -2.07. The van der Waals surface area contributed by atoms with E-state index in [1.165, 1.54) is 36.0 Å². The third kappa shape index (κ3) is 3.04. The minimum Gasteiger partial charge on any atom is -0.377 e. The second kappa shape index (κ2) is 5.90. The van der Waals surface area contributed by atoms with Crippen molar-refractivity contribution < 1.29 is 0 Å². The molecule has 0 aliphatic heterocycles.